The zero-order valence-electron chi connectivity index (χ0n) is 12.0. The van der Waals surface area contributed by atoms with Crippen LogP contribution in [0.5, 0.6) is 0 Å². The third kappa shape index (κ3) is 5.86. The number of hydrogen-bond donors (Lipinski definition) is 1. The zero-order chi connectivity index (χ0) is 12.6. The maximum absolute atomic E-state index is 5.64. The van der Waals surface area contributed by atoms with Crippen LogP contribution in [-0.4, -0.2) is 25.8 Å². The summed E-state index contributed by atoms with van der Waals surface area (Å²) in [5.74, 6) is 1.35. The van der Waals surface area contributed by atoms with Gasteiger partial charge in [-0.05, 0) is 24.8 Å². The van der Waals surface area contributed by atoms with Gasteiger partial charge in [0.05, 0.1) is 6.10 Å². The number of methoxy groups -OCH3 is 1. The van der Waals surface area contributed by atoms with Crippen molar-refractivity contribution in [3.63, 3.8) is 0 Å². The third-order valence-electron chi connectivity index (χ3n) is 3.23. The average molecular weight is 229 g/mol. The molecule has 0 amide bonds. The van der Waals surface area contributed by atoms with Crippen molar-refractivity contribution in [1.82, 2.24) is 5.32 Å². The fourth-order valence-corrected chi connectivity index (χ4v) is 2.54. The molecule has 0 heterocycles. The van der Waals surface area contributed by atoms with Gasteiger partial charge in [-0.25, -0.2) is 0 Å². The molecule has 0 spiro atoms. The number of rotatable bonds is 9. The molecule has 0 bridgehead atoms. The van der Waals surface area contributed by atoms with Crippen LogP contribution >= 0.6 is 0 Å². The van der Waals surface area contributed by atoms with E-state index in [2.05, 4.69) is 39.9 Å². The average Bonchev–Trinajstić information content (AvgIpc) is 2.18. The van der Waals surface area contributed by atoms with Crippen molar-refractivity contribution in [2.45, 2.75) is 66.0 Å². The first kappa shape index (κ1) is 15.9. The summed E-state index contributed by atoms with van der Waals surface area (Å²) < 4.78 is 5.64. The van der Waals surface area contributed by atoms with Gasteiger partial charge >= 0.3 is 0 Å². The molecule has 0 aliphatic carbocycles. The monoisotopic (exact) mass is 229 g/mol. The molecule has 0 aliphatic heterocycles. The first-order valence-electron chi connectivity index (χ1n) is 6.82. The topological polar surface area (TPSA) is 21.3 Å². The molecule has 98 valence electrons. The van der Waals surface area contributed by atoms with E-state index >= 15 is 0 Å². The van der Waals surface area contributed by atoms with Gasteiger partial charge in [-0.3, -0.25) is 0 Å². The number of hydrogen-bond acceptors (Lipinski definition) is 2. The first-order chi connectivity index (χ1) is 7.56. The lowest BCUT2D eigenvalue weighted by Gasteiger charge is -2.31. The summed E-state index contributed by atoms with van der Waals surface area (Å²) in [4.78, 5) is 0. The van der Waals surface area contributed by atoms with E-state index in [0.717, 1.165) is 12.5 Å². The highest BCUT2D eigenvalue weighted by Gasteiger charge is 2.24. The van der Waals surface area contributed by atoms with Gasteiger partial charge in [-0.2, -0.15) is 0 Å². The summed E-state index contributed by atoms with van der Waals surface area (Å²) in [5, 5.41) is 3.58. The lowest BCUT2D eigenvalue weighted by Crippen LogP contribution is -2.44. The normalized spacial score (nSPS) is 17.4. The molecule has 0 rings (SSSR count). The van der Waals surface area contributed by atoms with Gasteiger partial charge in [0.15, 0.2) is 0 Å². The van der Waals surface area contributed by atoms with Crippen LogP contribution in [0.15, 0.2) is 0 Å². The Kier molecular flexibility index (Phi) is 8.96. The van der Waals surface area contributed by atoms with Crippen LogP contribution in [0.3, 0.4) is 0 Å². The Morgan fingerprint density at radius 2 is 1.75 bits per heavy atom. The zero-order valence-corrected chi connectivity index (χ0v) is 12.0. The van der Waals surface area contributed by atoms with Crippen LogP contribution in [-0.2, 0) is 4.74 Å². The molecule has 0 aromatic heterocycles. The van der Waals surface area contributed by atoms with Crippen LogP contribution in [0.25, 0.3) is 0 Å². The maximum atomic E-state index is 5.64. The molecule has 0 aliphatic rings. The number of ether oxygens (including phenoxy) is 1. The van der Waals surface area contributed by atoms with Crippen LogP contribution in [0.4, 0.5) is 0 Å². The Bertz CT molecular complexity index is 159. The Morgan fingerprint density at radius 3 is 2.12 bits per heavy atom. The van der Waals surface area contributed by atoms with E-state index in [0.29, 0.717) is 18.1 Å². The molecule has 2 heteroatoms. The quantitative estimate of drug-likeness (QED) is 0.654. The van der Waals surface area contributed by atoms with Gasteiger partial charge in [0, 0.05) is 13.2 Å². The Labute approximate surface area is 102 Å². The summed E-state index contributed by atoms with van der Waals surface area (Å²) >= 11 is 0. The second kappa shape index (κ2) is 9.00. The first-order valence-corrected chi connectivity index (χ1v) is 6.82. The molecular formula is C14H31NO. The van der Waals surface area contributed by atoms with Gasteiger partial charge in [0.2, 0.25) is 0 Å². The van der Waals surface area contributed by atoms with Gasteiger partial charge in [0.1, 0.15) is 0 Å². The van der Waals surface area contributed by atoms with Crippen LogP contribution in [0.2, 0.25) is 0 Å². The number of likely N-dealkylation sites (N-methyl/N-ethyl adjacent to an activating group) is 1. The lowest BCUT2D eigenvalue weighted by atomic mass is 9.90. The highest BCUT2D eigenvalue weighted by molar-refractivity contribution is 4.80. The fraction of sp³-hybridized carbons (Fsp3) is 1.00. The molecular weight excluding hydrogens is 198 g/mol. The molecule has 16 heavy (non-hydrogen) atoms. The molecule has 0 saturated carbocycles. The summed E-state index contributed by atoms with van der Waals surface area (Å²) in [6, 6.07) is 0.497. The van der Waals surface area contributed by atoms with Crippen LogP contribution < -0.4 is 5.32 Å². The van der Waals surface area contributed by atoms with Gasteiger partial charge in [0.25, 0.3) is 0 Å². The summed E-state index contributed by atoms with van der Waals surface area (Å²) in [7, 11) is 1.83. The van der Waals surface area contributed by atoms with Crippen molar-refractivity contribution >= 4 is 0 Å². The van der Waals surface area contributed by atoms with Gasteiger partial charge < -0.3 is 10.1 Å². The van der Waals surface area contributed by atoms with Crippen LogP contribution in [0.1, 0.15) is 53.9 Å². The van der Waals surface area contributed by atoms with Crippen molar-refractivity contribution in [2.24, 2.45) is 11.8 Å². The van der Waals surface area contributed by atoms with Gasteiger partial charge in [-0.1, -0.05) is 47.5 Å². The maximum Gasteiger partial charge on any atom is 0.0747 e. The molecule has 0 aromatic rings. The van der Waals surface area contributed by atoms with E-state index < -0.39 is 0 Å². The van der Waals surface area contributed by atoms with E-state index in [1.165, 1.54) is 19.3 Å². The van der Waals surface area contributed by atoms with E-state index in [1.54, 1.807) is 0 Å². The smallest absolute Gasteiger partial charge is 0.0747 e. The van der Waals surface area contributed by atoms with E-state index in [9.17, 15) is 0 Å². The summed E-state index contributed by atoms with van der Waals surface area (Å²) in [6.45, 7) is 12.3. The Balaban J connectivity index is 4.33. The molecule has 3 atom stereocenters. The minimum absolute atomic E-state index is 0.333. The molecule has 3 unspecified atom stereocenters. The lowest BCUT2D eigenvalue weighted by molar-refractivity contribution is 0.0266. The van der Waals surface area contributed by atoms with E-state index in [4.69, 9.17) is 4.74 Å². The SMILES string of the molecule is CCCC(C)CC(NCC)C(OC)C(C)C. The highest BCUT2D eigenvalue weighted by atomic mass is 16.5. The van der Waals surface area contributed by atoms with Crippen molar-refractivity contribution in [3.05, 3.63) is 0 Å². The molecule has 2 nitrogen and oxygen atoms in total. The van der Waals surface area contributed by atoms with E-state index in [-0.39, 0.29) is 0 Å². The summed E-state index contributed by atoms with van der Waals surface area (Å²) in [5.41, 5.74) is 0. The van der Waals surface area contributed by atoms with Crippen LogP contribution in [0, 0.1) is 11.8 Å². The van der Waals surface area contributed by atoms with Crippen molar-refractivity contribution in [1.29, 1.82) is 0 Å². The largest absolute Gasteiger partial charge is 0.380 e. The highest BCUT2D eigenvalue weighted by Crippen LogP contribution is 2.19. The third-order valence-corrected chi connectivity index (χ3v) is 3.23. The van der Waals surface area contributed by atoms with Crippen molar-refractivity contribution in [3.8, 4) is 0 Å². The second-order valence-electron chi connectivity index (χ2n) is 5.24. The predicted molar refractivity (Wildman–Crippen MR) is 71.8 cm³/mol. The molecule has 1 N–H and O–H groups in total. The predicted octanol–water partition coefficient (Wildman–Crippen LogP) is 3.46. The minimum atomic E-state index is 0.333. The number of nitrogens with one attached hydrogen (secondary N) is 1. The molecule has 0 aromatic carbocycles. The standard InChI is InChI=1S/C14H31NO/c1-7-9-12(5)10-13(15-8-2)14(16-6)11(3)4/h11-15H,7-10H2,1-6H3. The van der Waals surface area contributed by atoms with Crippen molar-refractivity contribution < 1.29 is 4.74 Å². The van der Waals surface area contributed by atoms with Gasteiger partial charge in [-0.15, -0.1) is 0 Å². The van der Waals surface area contributed by atoms with E-state index in [1.807, 2.05) is 7.11 Å². The molecule has 0 radical (unpaired) electrons. The summed E-state index contributed by atoms with van der Waals surface area (Å²) in [6.07, 6.45) is 4.15. The van der Waals surface area contributed by atoms with Crippen molar-refractivity contribution in [2.75, 3.05) is 13.7 Å². The minimum Gasteiger partial charge on any atom is -0.380 e. The molecule has 0 saturated heterocycles. The molecule has 0 fully saturated rings. The second-order valence-corrected chi connectivity index (χ2v) is 5.24. The fourth-order valence-electron chi connectivity index (χ4n) is 2.54. The Hall–Kier alpha value is -0.0800. The Morgan fingerprint density at radius 1 is 1.12 bits per heavy atom.